The van der Waals surface area contributed by atoms with Gasteiger partial charge in [-0.25, -0.2) is 15.0 Å². The van der Waals surface area contributed by atoms with Crippen LogP contribution in [0.1, 0.15) is 0 Å². The first-order chi connectivity index (χ1) is 31.2. The molecule has 0 unspecified atom stereocenters. The maximum Gasteiger partial charge on any atom is 0.164 e. The molecular weight excluding hydrogens is 787 g/mol. The van der Waals surface area contributed by atoms with Crippen molar-refractivity contribution < 1.29 is 0 Å². The fourth-order valence-electron chi connectivity index (χ4n) is 9.49. The van der Waals surface area contributed by atoms with Gasteiger partial charge in [0.05, 0.1) is 22.1 Å². The van der Waals surface area contributed by atoms with Crippen molar-refractivity contribution in [2.75, 3.05) is 0 Å². The molecule has 0 N–H and O–H groups in total. The van der Waals surface area contributed by atoms with Crippen molar-refractivity contribution in [2.45, 2.75) is 0 Å². The van der Waals surface area contributed by atoms with Crippen molar-refractivity contribution in [1.29, 1.82) is 0 Å². The normalized spacial score (nSPS) is 11.8. The molecule has 0 aliphatic rings. The second-order valence-electron chi connectivity index (χ2n) is 16.0. The van der Waals surface area contributed by atoms with Gasteiger partial charge in [-0.15, -0.1) is 11.3 Å². The minimum atomic E-state index is 0.635. The lowest BCUT2D eigenvalue weighted by Crippen LogP contribution is -2.00. The van der Waals surface area contributed by atoms with Gasteiger partial charge in [-0.05, 0) is 71.8 Å². The van der Waals surface area contributed by atoms with Crippen LogP contribution in [0.15, 0.2) is 212 Å². The smallest absolute Gasteiger partial charge is 0.164 e. The number of nitrogens with zero attached hydrogens (tertiary/aromatic N) is 5. The summed E-state index contributed by atoms with van der Waals surface area (Å²) in [5.41, 5.74) is 12.0. The second kappa shape index (κ2) is 14.2. The summed E-state index contributed by atoms with van der Waals surface area (Å²) in [6.07, 6.45) is 0. The highest BCUT2D eigenvalue weighted by molar-refractivity contribution is 7.26. The van der Waals surface area contributed by atoms with Crippen molar-refractivity contribution in [3.8, 4) is 56.7 Å². The van der Waals surface area contributed by atoms with Crippen LogP contribution in [0.5, 0.6) is 0 Å². The summed E-state index contributed by atoms with van der Waals surface area (Å²) in [5.74, 6) is 1.93. The SMILES string of the molecule is c1ccc(-c2nc(-c3ccccc3)nc(-c3cccc(-c4cccc(-n5c6ccccc6c6cc(-n7c8ccccc8c8c9sc%10ccccc%10c9ccc87)ccc65)c4)c3)n2)cc1. The van der Waals surface area contributed by atoms with Crippen LogP contribution < -0.4 is 0 Å². The number of thiophene rings is 1. The molecule has 4 heterocycles. The summed E-state index contributed by atoms with van der Waals surface area (Å²) in [5, 5.41) is 7.65. The van der Waals surface area contributed by atoms with E-state index in [0.29, 0.717) is 17.5 Å². The highest BCUT2D eigenvalue weighted by atomic mass is 32.1. The highest BCUT2D eigenvalue weighted by Crippen LogP contribution is 2.44. The minimum Gasteiger partial charge on any atom is -0.309 e. The minimum absolute atomic E-state index is 0.635. The molecule has 0 saturated carbocycles. The number of hydrogen-bond donors (Lipinski definition) is 0. The van der Waals surface area contributed by atoms with Gasteiger partial charge in [0.15, 0.2) is 17.5 Å². The summed E-state index contributed by atoms with van der Waals surface area (Å²) < 4.78 is 7.51. The van der Waals surface area contributed by atoms with Gasteiger partial charge >= 0.3 is 0 Å². The molecule has 0 bridgehead atoms. The fourth-order valence-corrected chi connectivity index (χ4v) is 10.8. The van der Waals surface area contributed by atoms with Crippen molar-refractivity contribution >= 4 is 75.1 Å². The molecule has 13 rings (SSSR count). The van der Waals surface area contributed by atoms with Crippen LogP contribution in [0.25, 0.3) is 120 Å². The lowest BCUT2D eigenvalue weighted by atomic mass is 10.0. The predicted octanol–water partition coefficient (Wildman–Crippen LogP) is 15.1. The van der Waals surface area contributed by atoms with E-state index in [1.54, 1.807) is 0 Å². The van der Waals surface area contributed by atoms with Gasteiger partial charge in [-0.3, -0.25) is 0 Å². The Bertz CT molecular complexity index is 3860. The van der Waals surface area contributed by atoms with Crippen molar-refractivity contribution in [2.24, 2.45) is 0 Å². The van der Waals surface area contributed by atoms with E-state index in [9.17, 15) is 0 Å². The van der Waals surface area contributed by atoms with Crippen LogP contribution in [-0.2, 0) is 0 Å². The summed E-state index contributed by atoms with van der Waals surface area (Å²) in [4.78, 5) is 14.9. The van der Waals surface area contributed by atoms with E-state index in [1.807, 2.05) is 72.0 Å². The molecule has 0 spiro atoms. The third-order valence-corrected chi connectivity index (χ3v) is 13.6. The molecule has 5 nitrogen and oxygen atoms in total. The van der Waals surface area contributed by atoms with Crippen LogP contribution in [-0.4, -0.2) is 24.1 Å². The zero-order valence-electron chi connectivity index (χ0n) is 33.9. The molecule has 4 aromatic heterocycles. The molecule has 6 heteroatoms. The van der Waals surface area contributed by atoms with Gasteiger partial charge in [0, 0.05) is 69.8 Å². The fraction of sp³-hybridized carbons (Fsp3) is 0. The molecule has 0 radical (unpaired) electrons. The number of para-hydroxylation sites is 2. The van der Waals surface area contributed by atoms with Gasteiger partial charge in [0.2, 0.25) is 0 Å². The molecule has 0 atom stereocenters. The van der Waals surface area contributed by atoms with Crippen molar-refractivity contribution in [1.82, 2.24) is 24.1 Å². The third-order valence-electron chi connectivity index (χ3n) is 12.4. The molecule has 0 fully saturated rings. The molecule has 13 aromatic rings. The summed E-state index contributed by atoms with van der Waals surface area (Å²) in [6, 6.07) is 75.6. The highest BCUT2D eigenvalue weighted by Gasteiger charge is 2.20. The largest absolute Gasteiger partial charge is 0.309 e. The molecule has 9 aromatic carbocycles. The van der Waals surface area contributed by atoms with Crippen LogP contribution in [0.2, 0.25) is 0 Å². The van der Waals surface area contributed by atoms with Gasteiger partial charge < -0.3 is 9.13 Å². The Morgan fingerprint density at radius 3 is 1.56 bits per heavy atom. The zero-order valence-corrected chi connectivity index (χ0v) is 34.7. The molecular formula is C57H35N5S. The maximum absolute atomic E-state index is 5.01. The Hall–Kier alpha value is -8.19. The van der Waals surface area contributed by atoms with E-state index >= 15 is 0 Å². The standard InChI is InChI=1S/C57H35N5S/c1-3-15-36(16-4-1)55-58-56(37-17-5-2-6-18-37)60-57(59-55)40-21-13-19-38(33-40)39-20-14-22-41(34-39)61-48-26-10-7-23-43(48)47-35-42(29-31-50(47)61)62-49-27-11-8-25-46(49)53-51(62)32-30-45-44-24-9-12-28-52(44)63-54(45)53/h1-35H. The van der Waals surface area contributed by atoms with E-state index in [2.05, 4.69) is 161 Å². The Balaban J connectivity index is 0.937. The number of fused-ring (bicyclic) bond motifs is 10. The number of benzene rings is 9. The van der Waals surface area contributed by atoms with E-state index < -0.39 is 0 Å². The lowest BCUT2D eigenvalue weighted by molar-refractivity contribution is 1.07. The first-order valence-electron chi connectivity index (χ1n) is 21.2. The van der Waals surface area contributed by atoms with Crippen molar-refractivity contribution in [3.63, 3.8) is 0 Å². The predicted molar refractivity (Wildman–Crippen MR) is 263 cm³/mol. The number of hydrogen-bond acceptors (Lipinski definition) is 4. The van der Waals surface area contributed by atoms with E-state index in [1.165, 1.54) is 52.8 Å². The second-order valence-corrected chi connectivity index (χ2v) is 17.1. The van der Waals surface area contributed by atoms with E-state index in [0.717, 1.165) is 50.2 Å². The van der Waals surface area contributed by atoms with Crippen LogP contribution in [0.3, 0.4) is 0 Å². The molecule has 0 amide bonds. The number of rotatable bonds is 6. The first kappa shape index (κ1) is 35.6. The van der Waals surface area contributed by atoms with Gasteiger partial charge in [0.1, 0.15) is 0 Å². The zero-order chi connectivity index (χ0) is 41.4. The summed E-state index contributed by atoms with van der Waals surface area (Å²) in [6.45, 7) is 0. The lowest BCUT2D eigenvalue weighted by Gasteiger charge is -2.12. The van der Waals surface area contributed by atoms with Gasteiger partial charge in [-0.2, -0.15) is 0 Å². The topological polar surface area (TPSA) is 48.5 Å². The van der Waals surface area contributed by atoms with Crippen LogP contribution >= 0.6 is 11.3 Å². The Kier molecular flexibility index (Phi) is 8.01. The van der Waals surface area contributed by atoms with Gasteiger partial charge in [-0.1, -0.05) is 152 Å². The summed E-state index contributed by atoms with van der Waals surface area (Å²) in [7, 11) is 0. The molecule has 0 aliphatic carbocycles. The third kappa shape index (κ3) is 5.73. The molecule has 0 aliphatic heterocycles. The average Bonchev–Trinajstić information content (AvgIpc) is 4.02. The first-order valence-corrected chi connectivity index (χ1v) is 22.0. The summed E-state index contributed by atoms with van der Waals surface area (Å²) >= 11 is 1.89. The Morgan fingerprint density at radius 2 is 0.810 bits per heavy atom. The quantitative estimate of drug-likeness (QED) is 0.168. The van der Waals surface area contributed by atoms with Gasteiger partial charge in [0.25, 0.3) is 0 Å². The average molecular weight is 822 g/mol. The molecule has 294 valence electrons. The molecule has 63 heavy (non-hydrogen) atoms. The monoisotopic (exact) mass is 821 g/mol. The van der Waals surface area contributed by atoms with Crippen molar-refractivity contribution in [3.05, 3.63) is 212 Å². The molecule has 0 saturated heterocycles. The van der Waals surface area contributed by atoms with E-state index in [-0.39, 0.29) is 0 Å². The maximum atomic E-state index is 5.01. The number of aromatic nitrogens is 5. The Labute approximate surface area is 366 Å². The van der Waals surface area contributed by atoms with Crippen LogP contribution in [0, 0.1) is 0 Å². The Morgan fingerprint density at radius 1 is 0.302 bits per heavy atom. The van der Waals surface area contributed by atoms with Crippen LogP contribution in [0.4, 0.5) is 0 Å². The van der Waals surface area contributed by atoms with E-state index in [4.69, 9.17) is 15.0 Å².